The van der Waals surface area contributed by atoms with Gasteiger partial charge in [-0.05, 0) is 36.8 Å². The van der Waals surface area contributed by atoms with Gasteiger partial charge in [0.25, 0.3) is 5.91 Å². The number of hydrogen-bond acceptors (Lipinski definition) is 6. The van der Waals surface area contributed by atoms with Crippen LogP contribution in [-0.4, -0.2) is 38.9 Å². The van der Waals surface area contributed by atoms with Gasteiger partial charge in [-0.3, -0.25) is 14.9 Å². The largest absolute Gasteiger partial charge is 0.435 e. The Kier molecular flexibility index (Phi) is 6.78. The number of ether oxygens (including phenoxy) is 1. The van der Waals surface area contributed by atoms with Crippen molar-refractivity contribution in [1.82, 2.24) is 20.1 Å². The molecule has 0 saturated heterocycles. The highest BCUT2D eigenvalue weighted by molar-refractivity contribution is 7.99. The normalized spacial score (nSPS) is 10.8. The molecule has 0 aliphatic rings. The van der Waals surface area contributed by atoms with E-state index in [0.717, 1.165) is 22.9 Å². The highest BCUT2D eigenvalue weighted by atomic mass is 32.2. The van der Waals surface area contributed by atoms with E-state index in [1.54, 1.807) is 11.6 Å². The van der Waals surface area contributed by atoms with Gasteiger partial charge in [0.05, 0.1) is 5.75 Å². The summed E-state index contributed by atoms with van der Waals surface area (Å²) in [6.45, 7) is -0.975. The van der Waals surface area contributed by atoms with Crippen molar-refractivity contribution in [2.75, 3.05) is 5.75 Å². The number of thioether (sulfide) groups is 1. The van der Waals surface area contributed by atoms with Crippen LogP contribution in [0.25, 0.3) is 11.4 Å². The summed E-state index contributed by atoms with van der Waals surface area (Å²) in [7, 11) is 1.80. The van der Waals surface area contributed by atoms with Crippen LogP contribution in [0.3, 0.4) is 0 Å². The molecule has 0 aliphatic heterocycles. The van der Waals surface area contributed by atoms with Crippen LogP contribution in [0.4, 0.5) is 8.78 Å². The van der Waals surface area contributed by atoms with Crippen molar-refractivity contribution in [2.24, 2.45) is 7.05 Å². The minimum atomic E-state index is -2.95. The van der Waals surface area contributed by atoms with E-state index < -0.39 is 18.4 Å². The molecular weight excluding hydrogens is 414 g/mol. The number of carbonyl (C=O) groups is 2. The summed E-state index contributed by atoms with van der Waals surface area (Å²) in [5.41, 5.74) is 2.14. The fraction of sp³-hybridized carbons (Fsp3) is 0.200. The second-order valence-corrected chi connectivity index (χ2v) is 7.19. The van der Waals surface area contributed by atoms with Gasteiger partial charge < -0.3 is 9.30 Å². The van der Waals surface area contributed by atoms with Gasteiger partial charge in [0.1, 0.15) is 5.75 Å². The first kappa shape index (κ1) is 21.4. The Hall–Kier alpha value is -3.27. The number of hydrogen-bond donors (Lipinski definition) is 1. The van der Waals surface area contributed by atoms with Crippen molar-refractivity contribution in [3.8, 4) is 17.1 Å². The average Bonchev–Trinajstić information content (AvgIpc) is 3.07. The number of imide groups is 1. The number of aromatic nitrogens is 3. The SMILES string of the molecule is Cc1ccccc1-c1nnc(SCC(=O)NC(=O)c2ccc(OC(F)F)cc2)n1C. The molecular formula is C20H18F2N4O3S. The molecule has 0 aliphatic carbocycles. The molecule has 0 atom stereocenters. The molecule has 2 aromatic carbocycles. The number of aryl methyl sites for hydroxylation is 1. The Labute approximate surface area is 175 Å². The van der Waals surface area contributed by atoms with Crippen LogP contribution in [0.1, 0.15) is 15.9 Å². The van der Waals surface area contributed by atoms with E-state index in [0.29, 0.717) is 11.0 Å². The topological polar surface area (TPSA) is 86.1 Å². The highest BCUT2D eigenvalue weighted by Gasteiger charge is 2.16. The summed E-state index contributed by atoms with van der Waals surface area (Å²) >= 11 is 1.14. The van der Waals surface area contributed by atoms with Crippen LogP contribution in [0.5, 0.6) is 5.75 Å². The fourth-order valence-electron chi connectivity index (χ4n) is 2.65. The Morgan fingerprint density at radius 1 is 1.13 bits per heavy atom. The number of benzene rings is 2. The van der Waals surface area contributed by atoms with Crippen LogP contribution >= 0.6 is 11.8 Å². The van der Waals surface area contributed by atoms with Gasteiger partial charge >= 0.3 is 6.61 Å². The Morgan fingerprint density at radius 3 is 2.50 bits per heavy atom. The van der Waals surface area contributed by atoms with Crippen molar-refractivity contribution >= 4 is 23.6 Å². The Morgan fingerprint density at radius 2 is 1.83 bits per heavy atom. The van der Waals surface area contributed by atoms with Gasteiger partial charge in [-0.25, -0.2) is 0 Å². The van der Waals surface area contributed by atoms with Crippen LogP contribution in [0.15, 0.2) is 53.7 Å². The third kappa shape index (κ3) is 5.20. The molecule has 0 saturated carbocycles. The van der Waals surface area contributed by atoms with E-state index in [-0.39, 0.29) is 17.1 Å². The quantitative estimate of drug-likeness (QED) is 0.576. The first-order valence-electron chi connectivity index (χ1n) is 8.82. The molecule has 0 spiro atoms. The number of rotatable bonds is 7. The molecule has 1 heterocycles. The molecule has 2 amide bonds. The number of alkyl halides is 2. The molecule has 30 heavy (non-hydrogen) atoms. The number of nitrogens with one attached hydrogen (secondary N) is 1. The average molecular weight is 432 g/mol. The monoisotopic (exact) mass is 432 g/mol. The molecule has 7 nitrogen and oxygen atoms in total. The van der Waals surface area contributed by atoms with Crippen molar-refractivity contribution < 1.29 is 23.1 Å². The van der Waals surface area contributed by atoms with Gasteiger partial charge in [0, 0.05) is 18.2 Å². The molecule has 3 aromatic rings. The van der Waals surface area contributed by atoms with E-state index >= 15 is 0 Å². The third-order valence-electron chi connectivity index (χ3n) is 4.15. The standard InChI is InChI=1S/C20H18F2N4O3S/c1-12-5-3-4-6-15(12)17-24-25-20(26(17)2)30-11-16(27)23-18(28)13-7-9-14(10-8-13)29-19(21)22/h3-10,19H,11H2,1-2H3,(H,23,27,28). The number of nitrogens with zero attached hydrogens (tertiary/aromatic N) is 3. The zero-order valence-corrected chi connectivity index (χ0v) is 17.0. The zero-order valence-electron chi connectivity index (χ0n) is 16.1. The van der Waals surface area contributed by atoms with Gasteiger partial charge in [-0.15, -0.1) is 10.2 Å². The van der Waals surface area contributed by atoms with Crippen LogP contribution < -0.4 is 10.1 Å². The van der Waals surface area contributed by atoms with Crippen LogP contribution in [0.2, 0.25) is 0 Å². The summed E-state index contributed by atoms with van der Waals surface area (Å²) in [6.07, 6.45) is 0. The number of amides is 2. The van der Waals surface area contributed by atoms with E-state index in [1.165, 1.54) is 24.3 Å². The smallest absolute Gasteiger partial charge is 0.387 e. The third-order valence-corrected chi connectivity index (χ3v) is 5.17. The first-order valence-corrected chi connectivity index (χ1v) is 9.81. The second-order valence-electron chi connectivity index (χ2n) is 6.25. The number of halogens is 2. The second kappa shape index (κ2) is 9.49. The van der Waals surface area contributed by atoms with E-state index in [9.17, 15) is 18.4 Å². The van der Waals surface area contributed by atoms with Crippen molar-refractivity contribution in [2.45, 2.75) is 18.7 Å². The molecule has 0 unspecified atom stereocenters. The number of carbonyl (C=O) groups excluding carboxylic acids is 2. The van der Waals surface area contributed by atoms with Gasteiger partial charge in [0.15, 0.2) is 11.0 Å². The fourth-order valence-corrected chi connectivity index (χ4v) is 3.36. The molecule has 0 fully saturated rings. The lowest BCUT2D eigenvalue weighted by Crippen LogP contribution is -2.31. The first-order chi connectivity index (χ1) is 14.3. The lowest BCUT2D eigenvalue weighted by molar-refractivity contribution is -0.117. The molecule has 156 valence electrons. The van der Waals surface area contributed by atoms with E-state index in [4.69, 9.17) is 0 Å². The predicted molar refractivity (Wildman–Crippen MR) is 107 cm³/mol. The van der Waals surface area contributed by atoms with Crippen LogP contribution in [-0.2, 0) is 11.8 Å². The van der Waals surface area contributed by atoms with E-state index in [2.05, 4.69) is 20.3 Å². The molecule has 0 bridgehead atoms. The highest BCUT2D eigenvalue weighted by Crippen LogP contribution is 2.24. The summed E-state index contributed by atoms with van der Waals surface area (Å²) in [4.78, 5) is 24.3. The maximum atomic E-state index is 12.2. The summed E-state index contributed by atoms with van der Waals surface area (Å²) in [5.74, 6) is -0.590. The lowest BCUT2D eigenvalue weighted by atomic mass is 10.1. The van der Waals surface area contributed by atoms with Crippen molar-refractivity contribution in [3.05, 3.63) is 59.7 Å². The summed E-state index contributed by atoms with van der Waals surface area (Å²) in [6, 6.07) is 12.8. The molecule has 3 rings (SSSR count). The molecule has 0 radical (unpaired) electrons. The van der Waals surface area contributed by atoms with Gasteiger partial charge in [-0.1, -0.05) is 36.0 Å². The van der Waals surface area contributed by atoms with Gasteiger partial charge in [-0.2, -0.15) is 8.78 Å². The summed E-state index contributed by atoms with van der Waals surface area (Å²) < 4.78 is 30.3. The molecule has 1 aromatic heterocycles. The van der Waals surface area contributed by atoms with E-state index in [1.807, 2.05) is 31.2 Å². The molecule has 1 N–H and O–H groups in total. The van der Waals surface area contributed by atoms with Crippen LogP contribution in [0, 0.1) is 6.92 Å². The Balaban J connectivity index is 1.57. The van der Waals surface area contributed by atoms with Crippen molar-refractivity contribution in [3.63, 3.8) is 0 Å². The Bertz CT molecular complexity index is 1050. The minimum Gasteiger partial charge on any atom is -0.435 e. The van der Waals surface area contributed by atoms with Crippen molar-refractivity contribution in [1.29, 1.82) is 0 Å². The minimum absolute atomic E-state index is 0.0436. The molecule has 10 heteroatoms. The summed E-state index contributed by atoms with van der Waals surface area (Å²) in [5, 5.41) is 11.1. The maximum absolute atomic E-state index is 12.2. The lowest BCUT2D eigenvalue weighted by Gasteiger charge is -2.07. The van der Waals surface area contributed by atoms with Gasteiger partial charge in [0.2, 0.25) is 5.91 Å². The maximum Gasteiger partial charge on any atom is 0.387 e. The predicted octanol–water partition coefficient (Wildman–Crippen LogP) is 3.44. The zero-order chi connectivity index (χ0) is 21.7.